The highest BCUT2D eigenvalue weighted by Crippen LogP contribution is 2.47. The molecule has 0 bridgehead atoms. The van der Waals surface area contributed by atoms with Crippen LogP contribution in [-0.4, -0.2) is 24.1 Å². The Hall–Kier alpha value is -2.01. The molecule has 2 rings (SSSR count). The van der Waals surface area contributed by atoms with Gasteiger partial charge >= 0.3 is 0 Å². The van der Waals surface area contributed by atoms with Gasteiger partial charge < -0.3 is 9.64 Å². The molecule has 1 aliphatic heterocycles. The van der Waals surface area contributed by atoms with Crippen molar-refractivity contribution in [2.45, 2.75) is 45.7 Å². The van der Waals surface area contributed by atoms with Crippen molar-refractivity contribution in [2.24, 2.45) is 5.84 Å². The van der Waals surface area contributed by atoms with Gasteiger partial charge in [0.2, 0.25) is 0 Å². The van der Waals surface area contributed by atoms with Crippen LogP contribution in [0.5, 0.6) is 5.75 Å². The average Bonchev–Trinajstić information content (AvgIpc) is 2.44. The number of hydrogen-bond donors (Lipinski definition) is 2. The van der Waals surface area contributed by atoms with Gasteiger partial charge in [0, 0.05) is 5.56 Å². The Morgan fingerprint density at radius 1 is 1.36 bits per heavy atom. The van der Waals surface area contributed by atoms with Crippen molar-refractivity contribution < 1.29 is 9.53 Å². The largest absolute Gasteiger partial charge is 0.495 e. The van der Waals surface area contributed by atoms with E-state index in [1.165, 1.54) is 5.57 Å². The standard InChI is InChI=1S/C17H25N3O2/c1-11-10-16(2,3)20(17(4,5)15(21)19-18)14-12(11)8-7-9-13(14)22-6/h7-10H,18H2,1-6H3,(H,19,21). The second-order valence-corrected chi connectivity index (χ2v) is 6.71. The highest BCUT2D eigenvalue weighted by Gasteiger charge is 2.45. The predicted molar refractivity (Wildman–Crippen MR) is 89.6 cm³/mol. The second kappa shape index (κ2) is 5.32. The first-order chi connectivity index (χ1) is 10.2. The molecule has 0 spiro atoms. The van der Waals surface area contributed by atoms with E-state index in [1.807, 2.05) is 32.0 Å². The normalized spacial score (nSPS) is 16.7. The van der Waals surface area contributed by atoms with E-state index in [4.69, 9.17) is 10.6 Å². The predicted octanol–water partition coefficient (Wildman–Crippen LogP) is 2.47. The molecule has 5 heteroatoms. The summed E-state index contributed by atoms with van der Waals surface area (Å²) in [7, 11) is 1.64. The van der Waals surface area contributed by atoms with E-state index in [0.717, 1.165) is 17.0 Å². The monoisotopic (exact) mass is 303 g/mol. The molecule has 0 saturated carbocycles. The van der Waals surface area contributed by atoms with Crippen LogP contribution < -0.4 is 20.9 Å². The zero-order valence-electron chi connectivity index (χ0n) is 14.2. The van der Waals surface area contributed by atoms with E-state index in [9.17, 15) is 4.79 Å². The number of amides is 1. The first-order valence-corrected chi connectivity index (χ1v) is 7.35. The average molecular weight is 303 g/mol. The summed E-state index contributed by atoms with van der Waals surface area (Å²) in [6.45, 7) is 9.96. The van der Waals surface area contributed by atoms with Crippen LogP contribution in [0, 0.1) is 0 Å². The summed E-state index contributed by atoms with van der Waals surface area (Å²) in [5.41, 5.74) is 4.24. The molecule has 1 aromatic rings. The number of benzene rings is 1. The fraction of sp³-hybridized carbons (Fsp3) is 0.471. The van der Waals surface area contributed by atoms with E-state index in [0.29, 0.717) is 0 Å². The fourth-order valence-corrected chi connectivity index (χ4v) is 3.47. The van der Waals surface area contributed by atoms with Crippen molar-refractivity contribution in [3.63, 3.8) is 0 Å². The smallest absolute Gasteiger partial charge is 0.259 e. The molecule has 5 nitrogen and oxygen atoms in total. The molecular weight excluding hydrogens is 278 g/mol. The molecule has 3 N–H and O–H groups in total. The third-order valence-electron chi connectivity index (χ3n) is 4.26. The molecular formula is C17H25N3O2. The molecule has 0 fully saturated rings. The van der Waals surface area contributed by atoms with Crippen LogP contribution in [0.15, 0.2) is 24.3 Å². The van der Waals surface area contributed by atoms with Gasteiger partial charge in [0.15, 0.2) is 0 Å². The lowest BCUT2D eigenvalue weighted by molar-refractivity contribution is -0.125. The molecule has 0 saturated heterocycles. The minimum atomic E-state index is -0.834. The Morgan fingerprint density at radius 2 is 2.00 bits per heavy atom. The van der Waals surface area contributed by atoms with Crippen molar-refractivity contribution in [3.8, 4) is 5.75 Å². The van der Waals surface area contributed by atoms with Crippen molar-refractivity contribution >= 4 is 17.2 Å². The van der Waals surface area contributed by atoms with Crippen LogP contribution in [0.1, 0.15) is 40.2 Å². The Morgan fingerprint density at radius 3 is 2.55 bits per heavy atom. The van der Waals surface area contributed by atoms with Gasteiger partial charge in [-0.25, -0.2) is 5.84 Å². The van der Waals surface area contributed by atoms with Crippen LogP contribution in [0.3, 0.4) is 0 Å². The molecule has 0 aliphatic carbocycles. The molecule has 1 amide bonds. The zero-order valence-corrected chi connectivity index (χ0v) is 14.2. The number of rotatable bonds is 3. The lowest BCUT2D eigenvalue weighted by Crippen LogP contribution is -2.63. The van der Waals surface area contributed by atoms with Crippen LogP contribution in [-0.2, 0) is 4.79 Å². The summed E-state index contributed by atoms with van der Waals surface area (Å²) in [4.78, 5) is 14.4. The SMILES string of the molecule is COc1cccc2c1N(C(C)(C)C(=O)NN)C(C)(C)C=C2C. The number of methoxy groups -OCH3 is 1. The number of para-hydroxylation sites is 1. The number of fused-ring (bicyclic) bond motifs is 1. The van der Waals surface area contributed by atoms with Crippen molar-refractivity contribution in [3.05, 3.63) is 29.8 Å². The van der Waals surface area contributed by atoms with E-state index in [-0.39, 0.29) is 11.4 Å². The van der Waals surface area contributed by atoms with E-state index < -0.39 is 5.54 Å². The van der Waals surface area contributed by atoms with Crippen LogP contribution in [0.25, 0.3) is 5.57 Å². The number of hydrogen-bond acceptors (Lipinski definition) is 4. The van der Waals surface area contributed by atoms with Gasteiger partial charge in [-0.05, 0) is 46.3 Å². The molecule has 0 radical (unpaired) electrons. The number of nitrogens with two attached hydrogens (primary N) is 1. The third-order valence-corrected chi connectivity index (χ3v) is 4.26. The van der Waals surface area contributed by atoms with Crippen LogP contribution in [0.4, 0.5) is 5.69 Å². The van der Waals surface area contributed by atoms with Crippen molar-refractivity contribution in [2.75, 3.05) is 12.0 Å². The fourth-order valence-electron chi connectivity index (χ4n) is 3.47. The lowest BCUT2D eigenvalue weighted by Gasteiger charge is -2.51. The number of allylic oxidation sites excluding steroid dienone is 1. The maximum Gasteiger partial charge on any atom is 0.259 e. The van der Waals surface area contributed by atoms with Gasteiger partial charge in [-0.1, -0.05) is 18.2 Å². The number of carbonyl (C=O) groups is 1. The minimum Gasteiger partial charge on any atom is -0.495 e. The number of nitrogens with zero attached hydrogens (tertiary/aromatic N) is 1. The van der Waals surface area contributed by atoms with Gasteiger partial charge in [-0.3, -0.25) is 10.2 Å². The van der Waals surface area contributed by atoms with Gasteiger partial charge in [-0.2, -0.15) is 0 Å². The molecule has 1 aromatic carbocycles. The maximum atomic E-state index is 12.4. The first kappa shape index (κ1) is 16.4. The maximum absolute atomic E-state index is 12.4. The molecule has 22 heavy (non-hydrogen) atoms. The number of ether oxygens (including phenoxy) is 1. The van der Waals surface area contributed by atoms with Crippen molar-refractivity contribution in [1.82, 2.24) is 5.43 Å². The molecule has 0 atom stereocenters. The molecule has 1 heterocycles. The topological polar surface area (TPSA) is 67.6 Å². The minimum absolute atomic E-state index is 0.245. The summed E-state index contributed by atoms with van der Waals surface area (Å²) < 4.78 is 5.56. The van der Waals surface area contributed by atoms with E-state index in [1.54, 1.807) is 7.11 Å². The lowest BCUT2D eigenvalue weighted by atomic mass is 9.83. The molecule has 0 aromatic heterocycles. The summed E-state index contributed by atoms with van der Waals surface area (Å²) in [6, 6.07) is 5.92. The van der Waals surface area contributed by atoms with Crippen LogP contribution in [0.2, 0.25) is 0 Å². The molecule has 1 aliphatic rings. The van der Waals surface area contributed by atoms with Gasteiger partial charge in [0.1, 0.15) is 11.3 Å². The third kappa shape index (κ3) is 2.35. The second-order valence-electron chi connectivity index (χ2n) is 6.71. The number of hydrazine groups is 1. The molecule has 120 valence electrons. The highest BCUT2D eigenvalue weighted by atomic mass is 16.5. The van der Waals surface area contributed by atoms with Gasteiger partial charge in [0.05, 0.1) is 18.3 Å². The quantitative estimate of drug-likeness (QED) is 0.511. The Balaban J connectivity index is 2.77. The number of nitrogens with one attached hydrogen (secondary N) is 1. The van der Waals surface area contributed by atoms with E-state index in [2.05, 4.69) is 37.2 Å². The Labute approximate surface area is 132 Å². The van der Waals surface area contributed by atoms with E-state index >= 15 is 0 Å². The van der Waals surface area contributed by atoms with Gasteiger partial charge in [0.25, 0.3) is 5.91 Å². The van der Waals surface area contributed by atoms with Gasteiger partial charge in [-0.15, -0.1) is 0 Å². The van der Waals surface area contributed by atoms with Crippen LogP contribution >= 0.6 is 0 Å². The molecule has 0 unspecified atom stereocenters. The summed E-state index contributed by atoms with van der Waals surface area (Å²) in [5.74, 6) is 5.90. The number of anilines is 1. The summed E-state index contributed by atoms with van der Waals surface area (Å²) >= 11 is 0. The highest BCUT2D eigenvalue weighted by molar-refractivity contribution is 5.94. The summed E-state index contributed by atoms with van der Waals surface area (Å²) in [5, 5.41) is 0. The van der Waals surface area contributed by atoms with Crippen molar-refractivity contribution in [1.29, 1.82) is 0 Å². The Bertz CT molecular complexity index is 633. The first-order valence-electron chi connectivity index (χ1n) is 7.35. The number of carbonyl (C=O) groups excluding carboxylic acids is 1. The Kier molecular flexibility index (Phi) is 3.96. The summed E-state index contributed by atoms with van der Waals surface area (Å²) in [6.07, 6.45) is 2.17. The zero-order chi connectivity index (χ0) is 16.7.